The lowest BCUT2D eigenvalue weighted by Gasteiger charge is -2.49. The highest BCUT2D eigenvalue weighted by Crippen LogP contribution is 2.53. The number of allylic oxidation sites excluding steroid dienone is 3. The Labute approximate surface area is 133 Å². The van der Waals surface area contributed by atoms with E-state index < -0.39 is 17.3 Å². The molecule has 3 nitrogen and oxygen atoms in total. The zero-order chi connectivity index (χ0) is 16.5. The quantitative estimate of drug-likeness (QED) is 0.851. The second kappa shape index (κ2) is 6.39. The van der Waals surface area contributed by atoms with Gasteiger partial charge in [0.25, 0.3) is 0 Å². The van der Waals surface area contributed by atoms with Gasteiger partial charge in [0.1, 0.15) is 5.78 Å². The van der Waals surface area contributed by atoms with Gasteiger partial charge in [-0.25, -0.2) is 0 Å². The fraction of sp³-hybridized carbons (Fsp3) is 0.684. The molecule has 5 unspecified atom stereocenters. The molecule has 1 saturated carbocycles. The molecule has 1 fully saturated rings. The van der Waals surface area contributed by atoms with Crippen LogP contribution in [0.5, 0.6) is 0 Å². The van der Waals surface area contributed by atoms with Gasteiger partial charge in [0.15, 0.2) is 0 Å². The first-order valence-electron chi connectivity index (χ1n) is 8.40. The van der Waals surface area contributed by atoms with E-state index in [1.54, 1.807) is 19.1 Å². The van der Waals surface area contributed by atoms with E-state index in [1.165, 1.54) is 6.42 Å². The Bertz CT molecular complexity index is 503. The van der Waals surface area contributed by atoms with Gasteiger partial charge < -0.3 is 5.11 Å². The number of rotatable bonds is 4. The average Bonchev–Trinajstić information content (AvgIpc) is 2.46. The number of carbonyl (C=O) groups is 2. The van der Waals surface area contributed by atoms with Crippen LogP contribution in [-0.4, -0.2) is 16.9 Å². The van der Waals surface area contributed by atoms with E-state index >= 15 is 0 Å². The molecule has 0 heterocycles. The van der Waals surface area contributed by atoms with Crippen LogP contribution in [0.1, 0.15) is 47.0 Å². The van der Waals surface area contributed by atoms with Crippen LogP contribution in [0.4, 0.5) is 0 Å². The van der Waals surface area contributed by atoms with E-state index in [0.717, 1.165) is 12.8 Å². The number of carbonyl (C=O) groups excluding carboxylic acids is 1. The first-order chi connectivity index (χ1) is 10.3. The third kappa shape index (κ3) is 2.78. The van der Waals surface area contributed by atoms with Crippen LogP contribution in [0.25, 0.3) is 0 Å². The third-order valence-corrected chi connectivity index (χ3v) is 5.81. The molecule has 2 aliphatic rings. The van der Waals surface area contributed by atoms with Crippen LogP contribution in [0.2, 0.25) is 0 Å². The SMILES string of the molecule is CC(=O)C1(C2CC(C)CCC2C(C)C)C=CC=CC1C(=O)O. The largest absolute Gasteiger partial charge is 0.481 e. The Morgan fingerprint density at radius 2 is 1.91 bits per heavy atom. The molecule has 0 aromatic carbocycles. The van der Waals surface area contributed by atoms with E-state index in [0.29, 0.717) is 17.8 Å². The summed E-state index contributed by atoms with van der Waals surface area (Å²) in [6.45, 7) is 8.17. The highest BCUT2D eigenvalue weighted by atomic mass is 16.4. The summed E-state index contributed by atoms with van der Waals surface area (Å²) in [5, 5.41) is 9.71. The summed E-state index contributed by atoms with van der Waals surface area (Å²) in [5.74, 6) is -0.130. The first-order valence-corrected chi connectivity index (χ1v) is 8.40. The maximum Gasteiger partial charge on any atom is 0.311 e. The van der Waals surface area contributed by atoms with Crippen LogP contribution in [-0.2, 0) is 9.59 Å². The van der Waals surface area contributed by atoms with Gasteiger partial charge >= 0.3 is 5.97 Å². The zero-order valence-electron chi connectivity index (χ0n) is 14.1. The van der Waals surface area contributed by atoms with Crippen LogP contribution < -0.4 is 0 Å². The van der Waals surface area contributed by atoms with Crippen LogP contribution in [0.15, 0.2) is 24.3 Å². The molecule has 0 aromatic rings. The number of aliphatic carboxylic acids is 1. The van der Waals surface area contributed by atoms with Gasteiger partial charge in [-0.1, -0.05) is 51.5 Å². The lowest BCUT2D eigenvalue weighted by Crippen LogP contribution is -2.51. The van der Waals surface area contributed by atoms with Crippen molar-refractivity contribution in [2.45, 2.75) is 47.0 Å². The van der Waals surface area contributed by atoms with Crippen molar-refractivity contribution in [1.29, 1.82) is 0 Å². The minimum atomic E-state index is -0.892. The predicted molar refractivity (Wildman–Crippen MR) is 87.4 cm³/mol. The highest BCUT2D eigenvalue weighted by molar-refractivity contribution is 5.92. The second-order valence-electron chi connectivity index (χ2n) is 7.48. The maximum absolute atomic E-state index is 12.7. The molecular weight excluding hydrogens is 276 g/mol. The Kier molecular flexibility index (Phi) is 4.93. The summed E-state index contributed by atoms with van der Waals surface area (Å²) in [6.07, 6.45) is 10.4. The van der Waals surface area contributed by atoms with Gasteiger partial charge in [-0.3, -0.25) is 9.59 Å². The van der Waals surface area contributed by atoms with Crippen LogP contribution >= 0.6 is 0 Å². The van der Waals surface area contributed by atoms with Crippen molar-refractivity contribution in [3.8, 4) is 0 Å². The second-order valence-corrected chi connectivity index (χ2v) is 7.48. The summed E-state index contributed by atoms with van der Waals surface area (Å²) in [7, 11) is 0. The predicted octanol–water partition coefficient (Wildman–Crippen LogP) is 4.10. The van der Waals surface area contributed by atoms with Crippen molar-refractivity contribution in [3.63, 3.8) is 0 Å². The molecule has 5 atom stereocenters. The van der Waals surface area contributed by atoms with Crippen LogP contribution in [0, 0.1) is 35.0 Å². The van der Waals surface area contributed by atoms with Crippen LogP contribution in [0.3, 0.4) is 0 Å². The molecule has 22 heavy (non-hydrogen) atoms. The Morgan fingerprint density at radius 1 is 1.23 bits per heavy atom. The first kappa shape index (κ1) is 17.0. The van der Waals surface area contributed by atoms with E-state index in [-0.39, 0.29) is 11.7 Å². The summed E-state index contributed by atoms with van der Waals surface area (Å²) < 4.78 is 0. The Hall–Kier alpha value is -1.38. The van der Waals surface area contributed by atoms with Crippen molar-refractivity contribution >= 4 is 11.8 Å². The molecule has 0 saturated heterocycles. The fourth-order valence-corrected chi connectivity index (χ4v) is 4.64. The van der Waals surface area contributed by atoms with Gasteiger partial charge in [-0.05, 0) is 43.4 Å². The van der Waals surface area contributed by atoms with Crippen molar-refractivity contribution < 1.29 is 14.7 Å². The lowest BCUT2D eigenvalue weighted by atomic mass is 9.53. The van der Waals surface area contributed by atoms with Gasteiger partial charge in [0.2, 0.25) is 0 Å². The van der Waals surface area contributed by atoms with Crippen molar-refractivity contribution in [1.82, 2.24) is 0 Å². The summed E-state index contributed by atoms with van der Waals surface area (Å²) >= 11 is 0. The third-order valence-electron chi connectivity index (χ3n) is 5.81. The fourth-order valence-electron chi connectivity index (χ4n) is 4.64. The molecule has 1 N–H and O–H groups in total. The van der Waals surface area contributed by atoms with Gasteiger partial charge in [-0.15, -0.1) is 0 Å². The molecule has 3 heteroatoms. The van der Waals surface area contributed by atoms with Crippen molar-refractivity contribution in [3.05, 3.63) is 24.3 Å². The van der Waals surface area contributed by atoms with E-state index in [1.807, 2.05) is 12.2 Å². The highest BCUT2D eigenvalue weighted by Gasteiger charge is 2.54. The normalized spacial score (nSPS) is 38.2. The summed E-state index contributed by atoms with van der Waals surface area (Å²) in [6, 6.07) is 0. The van der Waals surface area contributed by atoms with Crippen molar-refractivity contribution in [2.24, 2.45) is 35.0 Å². The standard InChI is InChI=1S/C19H28O3/c1-12(2)15-9-8-13(3)11-17(15)19(14(4)20)10-6-5-7-16(19)18(21)22/h5-7,10,12-13,15-17H,8-9,11H2,1-4H3,(H,21,22). The number of hydrogen-bond acceptors (Lipinski definition) is 2. The molecule has 0 amide bonds. The number of ketones is 1. The summed E-state index contributed by atoms with van der Waals surface area (Å²) in [4.78, 5) is 24.5. The van der Waals surface area contributed by atoms with E-state index in [4.69, 9.17) is 0 Å². The molecule has 122 valence electrons. The molecule has 2 aliphatic carbocycles. The zero-order valence-corrected chi connectivity index (χ0v) is 14.1. The Balaban J connectivity index is 2.53. The number of hydrogen-bond donors (Lipinski definition) is 1. The van der Waals surface area contributed by atoms with E-state index in [2.05, 4.69) is 20.8 Å². The van der Waals surface area contributed by atoms with E-state index in [9.17, 15) is 14.7 Å². The number of Topliss-reactive ketones (excluding diaryl/α,β-unsaturated/α-hetero) is 1. The molecule has 0 aliphatic heterocycles. The molecule has 0 radical (unpaired) electrons. The number of carboxylic acid groups (broad SMARTS) is 1. The minimum absolute atomic E-state index is 0.00903. The Morgan fingerprint density at radius 3 is 2.45 bits per heavy atom. The topological polar surface area (TPSA) is 54.4 Å². The lowest BCUT2D eigenvalue weighted by molar-refractivity contribution is -0.152. The molecule has 2 rings (SSSR count). The molecule has 0 aromatic heterocycles. The smallest absolute Gasteiger partial charge is 0.311 e. The molecular formula is C19H28O3. The monoisotopic (exact) mass is 304 g/mol. The van der Waals surface area contributed by atoms with Gasteiger partial charge in [0, 0.05) is 0 Å². The summed E-state index contributed by atoms with van der Waals surface area (Å²) in [5.41, 5.74) is -0.885. The molecule has 0 bridgehead atoms. The average molecular weight is 304 g/mol. The van der Waals surface area contributed by atoms with Gasteiger partial charge in [0.05, 0.1) is 11.3 Å². The number of carboxylic acids is 1. The maximum atomic E-state index is 12.7. The van der Waals surface area contributed by atoms with Gasteiger partial charge in [-0.2, -0.15) is 0 Å². The minimum Gasteiger partial charge on any atom is -0.481 e. The molecule has 0 spiro atoms. The van der Waals surface area contributed by atoms with Crippen molar-refractivity contribution in [2.75, 3.05) is 0 Å².